The summed E-state index contributed by atoms with van der Waals surface area (Å²) in [4.78, 5) is 22.3. The molecule has 1 rings (SSSR count). The topological polar surface area (TPSA) is 75.6 Å². The zero-order valence-electron chi connectivity index (χ0n) is 10.5. The summed E-state index contributed by atoms with van der Waals surface area (Å²) in [5, 5.41) is 11.4. The molecule has 1 aromatic rings. The average molecular weight is 251 g/mol. The number of benzene rings is 1. The van der Waals surface area contributed by atoms with Gasteiger partial charge in [-0.3, -0.25) is 4.79 Å². The zero-order valence-corrected chi connectivity index (χ0v) is 10.5. The van der Waals surface area contributed by atoms with Gasteiger partial charge in [0.1, 0.15) is 0 Å². The highest BCUT2D eigenvalue weighted by Gasteiger charge is 2.07. The third-order valence-electron chi connectivity index (χ3n) is 2.23. The highest BCUT2D eigenvalue weighted by Crippen LogP contribution is 2.04. The van der Waals surface area contributed by atoms with Crippen molar-refractivity contribution in [2.45, 2.75) is 20.0 Å². The van der Waals surface area contributed by atoms with Gasteiger partial charge in [-0.05, 0) is 38.1 Å². The molecule has 0 unspecified atom stereocenters. The summed E-state index contributed by atoms with van der Waals surface area (Å²) in [6.07, 6.45) is 0.136. The van der Waals surface area contributed by atoms with E-state index < -0.39 is 5.97 Å². The second-order valence-electron chi connectivity index (χ2n) is 4.06. The van der Waals surface area contributed by atoms with Crippen LogP contribution in [0.25, 0.3) is 0 Å². The average Bonchev–Trinajstić information content (AvgIpc) is 2.34. The molecular formula is C13H17NO4. The van der Waals surface area contributed by atoms with Crippen molar-refractivity contribution in [3.05, 3.63) is 35.4 Å². The Kier molecular flexibility index (Phi) is 5.32. The minimum Gasteiger partial charge on any atom is -0.478 e. The molecule has 0 saturated heterocycles. The van der Waals surface area contributed by atoms with Gasteiger partial charge in [-0.25, -0.2) is 4.79 Å². The van der Waals surface area contributed by atoms with Gasteiger partial charge >= 0.3 is 5.97 Å². The molecule has 0 aliphatic heterocycles. The van der Waals surface area contributed by atoms with Gasteiger partial charge in [0.25, 0.3) is 5.91 Å². The van der Waals surface area contributed by atoms with E-state index in [2.05, 4.69) is 5.32 Å². The number of hydrogen-bond acceptors (Lipinski definition) is 3. The van der Waals surface area contributed by atoms with E-state index >= 15 is 0 Å². The zero-order chi connectivity index (χ0) is 13.5. The summed E-state index contributed by atoms with van der Waals surface area (Å²) in [6.45, 7) is 4.73. The summed E-state index contributed by atoms with van der Waals surface area (Å²) in [5.74, 6) is -1.24. The number of aromatic carboxylic acids is 1. The lowest BCUT2D eigenvalue weighted by molar-refractivity contribution is 0.0696. The summed E-state index contributed by atoms with van der Waals surface area (Å²) in [5.41, 5.74) is 0.597. The minimum absolute atomic E-state index is 0.136. The molecule has 18 heavy (non-hydrogen) atoms. The third kappa shape index (κ3) is 4.55. The van der Waals surface area contributed by atoms with Crippen LogP contribution in [0.2, 0.25) is 0 Å². The molecule has 2 N–H and O–H groups in total. The largest absolute Gasteiger partial charge is 0.478 e. The van der Waals surface area contributed by atoms with E-state index in [0.717, 1.165) is 0 Å². The first-order chi connectivity index (χ1) is 8.50. The molecule has 0 aliphatic rings. The van der Waals surface area contributed by atoms with Crippen LogP contribution >= 0.6 is 0 Å². The molecule has 0 fully saturated rings. The molecule has 98 valence electrons. The van der Waals surface area contributed by atoms with Gasteiger partial charge in [-0.15, -0.1) is 0 Å². The SMILES string of the molecule is CC(C)OCCNC(=O)c1ccc(C(=O)O)cc1. The first kappa shape index (κ1) is 14.2. The Labute approximate surface area is 106 Å². The van der Waals surface area contributed by atoms with Crippen molar-refractivity contribution in [2.75, 3.05) is 13.2 Å². The summed E-state index contributed by atoms with van der Waals surface area (Å²) in [7, 11) is 0. The second-order valence-corrected chi connectivity index (χ2v) is 4.06. The Hall–Kier alpha value is -1.88. The molecule has 0 bridgehead atoms. The van der Waals surface area contributed by atoms with Crippen molar-refractivity contribution in [2.24, 2.45) is 0 Å². The monoisotopic (exact) mass is 251 g/mol. The predicted octanol–water partition coefficient (Wildman–Crippen LogP) is 1.54. The van der Waals surface area contributed by atoms with E-state index in [0.29, 0.717) is 18.7 Å². The van der Waals surface area contributed by atoms with Gasteiger partial charge in [-0.1, -0.05) is 0 Å². The number of rotatable bonds is 6. The van der Waals surface area contributed by atoms with Crippen LogP contribution in [-0.2, 0) is 4.74 Å². The Bertz CT molecular complexity index is 412. The molecule has 0 aromatic heterocycles. The number of carboxylic acid groups (broad SMARTS) is 1. The smallest absolute Gasteiger partial charge is 0.335 e. The van der Waals surface area contributed by atoms with Crippen molar-refractivity contribution in [1.82, 2.24) is 5.32 Å². The lowest BCUT2D eigenvalue weighted by Gasteiger charge is -2.08. The van der Waals surface area contributed by atoms with Gasteiger partial charge in [0.05, 0.1) is 18.3 Å². The van der Waals surface area contributed by atoms with Crippen LogP contribution in [0.4, 0.5) is 0 Å². The van der Waals surface area contributed by atoms with Crippen LogP contribution in [0.1, 0.15) is 34.6 Å². The minimum atomic E-state index is -1.01. The van der Waals surface area contributed by atoms with E-state index in [-0.39, 0.29) is 17.6 Å². The van der Waals surface area contributed by atoms with E-state index in [4.69, 9.17) is 9.84 Å². The van der Waals surface area contributed by atoms with Crippen molar-refractivity contribution in [1.29, 1.82) is 0 Å². The van der Waals surface area contributed by atoms with E-state index in [9.17, 15) is 9.59 Å². The molecule has 5 heteroatoms. The first-order valence-electron chi connectivity index (χ1n) is 5.74. The van der Waals surface area contributed by atoms with Gasteiger partial charge in [-0.2, -0.15) is 0 Å². The fraction of sp³-hybridized carbons (Fsp3) is 0.385. The Morgan fingerprint density at radius 2 is 1.78 bits per heavy atom. The fourth-order valence-corrected chi connectivity index (χ4v) is 1.33. The molecule has 0 aliphatic carbocycles. The fourth-order valence-electron chi connectivity index (χ4n) is 1.33. The predicted molar refractivity (Wildman–Crippen MR) is 66.8 cm³/mol. The normalized spacial score (nSPS) is 10.4. The second kappa shape index (κ2) is 6.76. The van der Waals surface area contributed by atoms with Crippen LogP contribution < -0.4 is 5.32 Å². The number of carbonyl (C=O) groups excluding carboxylic acids is 1. The maximum Gasteiger partial charge on any atom is 0.335 e. The van der Waals surface area contributed by atoms with Crippen LogP contribution in [0, 0.1) is 0 Å². The molecule has 0 heterocycles. The van der Waals surface area contributed by atoms with Crippen LogP contribution in [0.15, 0.2) is 24.3 Å². The lowest BCUT2D eigenvalue weighted by Crippen LogP contribution is -2.28. The number of carbonyl (C=O) groups is 2. The highest BCUT2D eigenvalue weighted by atomic mass is 16.5. The standard InChI is InChI=1S/C13H17NO4/c1-9(2)18-8-7-14-12(15)10-3-5-11(6-4-10)13(16)17/h3-6,9H,7-8H2,1-2H3,(H,14,15)(H,16,17). The number of amides is 1. The Morgan fingerprint density at radius 3 is 2.28 bits per heavy atom. The van der Waals surface area contributed by atoms with E-state index in [1.807, 2.05) is 13.8 Å². The lowest BCUT2D eigenvalue weighted by atomic mass is 10.1. The number of ether oxygens (including phenoxy) is 1. The van der Waals surface area contributed by atoms with Gasteiger partial charge in [0, 0.05) is 12.1 Å². The first-order valence-corrected chi connectivity index (χ1v) is 5.74. The Morgan fingerprint density at radius 1 is 1.22 bits per heavy atom. The molecule has 0 atom stereocenters. The summed E-state index contributed by atoms with van der Waals surface area (Å²) < 4.78 is 5.29. The quantitative estimate of drug-likeness (QED) is 0.752. The molecular weight excluding hydrogens is 234 g/mol. The Balaban J connectivity index is 2.44. The van der Waals surface area contributed by atoms with E-state index in [1.165, 1.54) is 24.3 Å². The van der Waals surface area contributed by atoms with Crippen LogP contribution in [0.5, 0.6) is 0 Å². The summed E-state index contributed by atoms with van der Waals surface area (Å²) >= 11 is 0. The van der Waals surface area contributed by atoms with Crippen LogP contribution in [-0.4, -0.2) is 36.2 Å². The molecule has 5 nitrogen and oxygen atoms in total. The van der Waals surface area contributed by atoms with Crippen molar-refractivity contribution < 1.29 is 19.4 Å². The molecule has 0 radical (unpaired) electrons. The maximum absolute atomic E-state index is 11.7. The van der Waals surface area contributed by atoms with Crippen LogP contribution in [0.3, 0.4) is 0 Å². The van der Waals surface area contributed by atoms with Gasteiger partial charge in [0.2, 0.25) is 0 Å². The van der Waals surface area contributed by atoms with Crippen molar-refractivity contribution in [3.63, 3.8) is 0 Å². The molecule has 1 amide bonds. The molecule has 0 spiro atoms. The maximum atomic E-state index is 11.7. The third-order valence-corrected chi connectivity index (χ3v) is 2.23. The molecule has 0 saturated carbocycles. The highest BCUT2D eigenvalue weighted by molar-refractivity contribution is 5.95. The van der Waals surface area contributed by atoms with E-state index in [1.54, 1.807) is 0 Å². The van der Waals surface area contributed by atoms with Gasteiger partial charge in [0.15, 0.2) is 0 Å². The molecule has 1 aromatic carbocycles. The summed E-state index contributed by atoms with van der Waals surface area (Å²) in [6, 6.07) is 5.79. The number of carboxylic acids is 1. The van der Waals surface area contributed by atoms with Crippen molar-refractivity contribution in [3.8, 4) is 0 Å². The number of hydrogen-bond donors (Lipinski definition) is 2. The van der Waals surface area contributed by atoms with Crippen molar-refractivity contribution >= 4 is 11.9 Å². The van der Waals surface area contributed by atoms with Gasteiger partial charge < -0.3 is 15.2 Å². The number of nitrogens with one attached hydrogen (secondary N) is 1.